The molecule has 4 aromatic carbocycles. The van der Waals surface area contributed by atoms with Gasteiger partial charge >= 0.3 is 6.09 Å². The van der Waals surface area contributed by atoms with Crippen LogP contribution < -0.4 is 14.8 Å². The van der Waals surface area contributed by atoms with E-state index in [0.29, 0.717) is 9.72 Å². The highest BCUT2D eigenvalue weighted by atomic mass is 32.2. The lowest BCUT2D eigenvalue weighted by Crippen LogP contribution is -2.27. The number of ether oxygens (including phenoxy) is 3. The van der Waals surface area contributed by atoms with Crippen molar-refractivity contribution < 1.29 is 40.6 Å². The lowest BCUT2D eigenvalue weighted by Gasteiger charge is -2.20. The molecule has 5 rings (SSSR count). The predicted molar refractivity (Wildman–Crippen MR) is 175 cm³/mol. The van der Waals surface area contributed by atoms with Crippen molar-refractivity contribution in [3.05, 3.63) is 108 Å². The van der Waals surface area contributed by atoms with Crippen LogP contribution in [0.1, 0.15) is 31.9 Å². The van der Waals surface area contributed by atoms with Crippen molar-refractivity contribution in [3.8, 4) is 17.2 Å². The molecule has 0 aliphatic heterocycles. The van der Waals surface area contributed by atoms with E-state index in [1.165, 1.54) is 31.4 Å². The van der Waals surface area contributed by atoms with Crippen molar-refractivity contribution >= 4 is 44.5 Å². The van der Waals surface area contributed by atoms with E-state index in [9.17, 15) is 17.6 Å². The van der Waals surface area contributed by atoms with Gasteiger partial charge in [-0.05, 0) is 75.7 Å². The van der Waals surface area contributed by atoms with Crippen LogP contribution in [0.2, 0.25) is 0 Å². The zero-order valence-corrected chi connectivity index (χ0v) is 27.7. The molecule has 246 valence electrons. The van der Waals surface area contributed by atoms with Crippen LogP contribution in [0.3, 0.4) is 0 Å². The first-order chi connectivity index (χ1) is 22.2. The molecule has 0 saturated carbocycles. The fourth-order valence-corrected chi connectivity index (χ4v) is 7.00. The molecular weight excluding hydrogens is 654 g/mol. The van der Waals surface area contributed by atoms with Crippen molar-refractivity contribution in [2.24, 2.45) is 0 Å². The smallest absolute Gasteiger partial charge is 0.412 e. The number of fused-ring (bicyclic) bond motifs is 1. The largest absolute Gasteiger partial charge is 0.497 e. The number of benzene rings is 4. The molecule has 47 heavy (non-hydrogen) atoms. The Kier molecular flexibility index (Phi) is 9.51. The van der Waals surface area contributed by atoms with Gasteiger partial charge in [0.2, 0.25) is 5.82 Å². The van der Waals surface area contributed by atoms with E-state index in [4.69, 9.17) is 14.2 Å². The zero-order valence-electron chi connectivity index (χ0n) is 26.1. The van der Waals surface area contributed by atoms with Crippen LogP contribution in [-0.4, -0.2) is 31.2 Å². The van der Waals surface area contributed by atoms with Crippen LogP contribution in [0.5, 0.6) is 17.2 Å². The summed E-state index contributed by atoms with van der Waals surface area (Å²) in [6.07, 6.45) is 0.226. The molecule has 0 aliphatic carbocycles. The Bertz CT molecular complexity index is 2060. The van der Waals surface area contributed by atoms with Crippen molar-refractivity contribution in [3.63, 3.8) is 0 Å². The number of methoxy groups -OCH3 is 1. The number of carbonyl (C=O) groups is 1. The number of aryl methyl sites for hydroxylation is 1. The molecule has 1 aromatic heterocycles. The van der Waals surface area contributed by atoms with E-state index in [1.807, 2.05) is 0 Å². The lowest BCUT2D eigenvalue weighted by molar-refractivity contribution is 0.0635. The molecule has 0 fully saturated rings. The summed E-state index contributed by atoms with van der Waals surface area (Å²) in [7, 11) is -2.79. The molecule has 0 aliphatic rings. The highest BCUT2D eigenvalue weighted by Gasteiger charge is 2.29. The minimum absolute atomic E-state index is 0.0716. The number of halogens is 3. The number of aromatic nitrogens is 1. The van der Waals surface area contributed by atoms with Gasteiger partial charge in [0.15, 0.2) is 11.6 Å². The number of nitrogens with one attached hydrogen (secondary N) is 1. The van der Waals surface area contributed by atoms with E-state index in [2.05, 4.69) is 5.32 Å². The van der Waals surface area contributed by atoms with Gasteiger partial charge < -0.3 is 14.2 Å². The maximum absolute atomic E-state index is 16.1. The monoisotopic (exact) mass is 684 g/mol. The molecule has 13 heteroatoms. The Labute approximate surface area is 274 Å². The van der Waals surface area contributed by atoms with Crippen LogP contribution in [0.25, 0.3) is 10.9 Å². The van der Waals surface area contributed by atoms with Crippen LogP contribution >= 0.6 is 11.8 Å². The van der Waals surface area contributed by atoms with Crippen LogP contribution in [-0.2, 0) is 20.5 Å². The molecule has 1 amide bonds. The van der Waals surface area contributed by atoms with Gasteiger partial charge in [0.05, 0.1) is 22.6 Å². The van der Waals surface area contributed by atoms with E-state index < -0.39 is 50.4 Å². The molecule has 0 unspecified atom stereocenters. The molecule has 0 bridgehead atoms. The Morgan fingerprint density at radius 1 is 0.915 bits per heavy atom. The Morgan fingerprint density at radius 3 is 2.21 bits per heavy atom. The highest BCUT2D eigenvalue weighted by Crippen LogP contribution is 2.45. The van der Waals surface area contributed by atoms with Gasteiger partial charge in [-0.2, -0.15) is 4.39 Å². The van der Waals surface area contributed by atoms with Gasteiger partial charge in [-0.25, -0.2) is 26.0 Å². The first-order valence-corrected chi connectivity index (χ1v) is 16.7. The topological polar surface area (TPSA) is 95.9 Å². The summed E-state index contributed by atoms with van der Waals surface area (Å²) in [5.41, 5.74) is -0.0512. The maximum Gasteiger partial charge on any atom is 0.412 e. The molecule has 0 spiro atoms. The summed E-state index contributed by atoms with van der Waals surface area (Å²) in [4.78, 5) is 12.3. The highest BCUT2D eigenvalue weighted by molar-refractivity contribution is 7.98. The van der Waals surface area contributed by atoms with E-state index in [-0.39, 0.29) is 32.4 Å². The van der Waals surface area contributed by atoms with Gasteiger partial charge in [-0.15, -0.1) is 11.8 Å². The number of hydrogen-bond acceptors (Lipinski definition) is 7. The van der Waals surface area contributed by atoms with Crippen LogP contribution in [0, 0.1) is 24.4 Å². The molecular formula is C34H31F3N2O6S2. The molecule has 0 radical (unpaired) electrons. The molecule has 8 nitrogen and oxygen atoms in total. The average Bonchev–Trinajstić information content (AvgIpc) is 3.47. The first-order valence-electron chi connectivity index (χ1n) is 14.3. The Balaban J connectivity index is 1.61. The van der Waals surface area contributed by atoms with E-state index in [1.54, 1.807) is 64.1 Å². The van der Waals surface area contributed by atoms with E-state index in [0.717, 1.165) is 41.2 Å². The predicted octanol–water partition coefficient (Wildman–Crippen LogP) is 9.04. The number of anilines is 1. The summed E-state index contributed by atoms with van der Waals surface area (Å²) < 4.78 is 90.8. The van der Waals surface area contributed by atoms with Gasteiger partial charge in [0.1, 0.15) is 28.4 Å². The third kappa shape index (κ3) is 7.36. The van der Waals surface area contributed by atoms with Crippen molar-refractivity contribution in [2.45, 2.75) is 48.8 Å². The molecule has 5 aromatic rings. The quantitative estimate of drug-likeness (QED) is 0.155. The number of thioether (sulfide) groups is 1. The number of rotatable bonds is 9. The van der Waals surface area contributed by atoms with Crippen LogP contribution in [0.15, 0.2) is 88.8 Å². The minimum Gasteiger partial charge on any atom is -0.497 e. The average molecular weight is 685 g/mol. The summed E-state index contributed by atoms with van der Waals surface area (Å²) in [6.45, 7) is 6.71. The fourth-order valence-electron chi connectivity index (χ4n) is 4.57. The number of amides is 1. The molecule has 0 atom stereocenters. The Morgan fingerprint density at radius 2 is 1.57 bits per heavy atom. The minimum atomic E-state index is -4.32. The number of hydrogen-bond donors (Lipinski definition) is 1. The standard InChI is InChI=1S/C34H31F3N2O6S2/c1-20-6-13-24(14-7-20)47(41,42)39-17-16-25-30(39)28(36)29(37)31(32(25)46-19-21-8-10-22(43-5)11-9-21)44-23-12-15-26(35)27(18-23)38-33(40)45-34(2,3)4/h6-18H,19H2,1-5H3,(H,38,40). The zero-order chi connectivity index (χ0) is 34.1. The Hall–Kier alpha value is -4.62. The van der Waals surface area contributed by atoms with Crippen molar-refractivity contribution in [2.75, 3.05) is 12.4 Å². The van der Waals surface area contributed by atoms with Crippen molar-refractivity contribution in [1.82, 2.24) is 3.97 Å². The molecule has 1 N–H and O–H groups in total. The summed E-state index contributed by atoms with van der Waals surface area (Å²) >= 11 is 1.09. The van der Waals surface area contributed by atoms with Gasteiger partial charge in [-0.1, -0.05) is 29.8 Å². The second-order valence-electron chi connectivity index (χ2n) is 11.5. The molecule has 0 saturated heterocycles. The second-order valence-corrected chi connectivity index (χ2v) is 14.3. The third-order valence-electron chi connectivity index (χ3n) is 6.82. The van der Waals surface area contributed by atoms with Gasteiger partial charge in [0.25, 0.3) is 10.0 Å². The third-order valence-corrected chi connectivity index (χ3v) is 9.68. The van der Waals surface area contributed by atoms with E-state index >= 15 is 8.78 Å². The fraction of sp³-hybridized carbons (Fsp3) is 0.206. The second kappa shape index (κ2) is 13.2. The van der Waals surface area contributed by atoms with Gasteiger partial charge in [0, 0.05) is 23.4 Å². The number of nitrogens with zero attached hydrogens (tertiary/aromatic N) is 1. The van der Waals surface area contributed by atoms with Gasteiger partial charge in [-0.3, -0.25) is 5.32 Å². The summed E-state index contributed by atoms with van der Waals surface area (Å²) in [5.74, 6) is -3.53. The number of carbonyl (C=O) groups excluding carboxylic acids is 1. The van der Waals surface area contributed by atoms with Crippen LogP contribution in [0.4, 0.5) is 23.7 Å². The lowest BCUT2D eigenvalue weighted by atomic mass is 10.2. The maximum atomic E-state index is 16.1. The normalized spacial score (nSPS) is 11.8. The summed E-state index contributed by atoms with van der Waals surface area (Å²) in [6, 6.07) is 17.7. The SMILES string of the molecule is COc1ccc(CSc2c(Oc3ccc(F)c(NC(=O)OC(C)(C)C)c3)c(F)c(F)c3c2ccn3S(=O)(=O)c2ccc(C)cc2)cc1. The first kappa shape index (κ1) is 33.7. The van der Waals surface area contributed by atoms with Crippen molar-refractivity contribution in [1.29, 1.82) is 0 Å². The molecule has 1 heterocycles. The summed E-state index contributed by atoms with van der Waals surface area (Å²) in [5, 5.41) is 2.36.